The van der Waals surface area contributed by atoms with Crippen molar-refractivity contribution in [2.45, 2.75) is 32.7 Å². The molecular weight excluding hydrogens is 341 g/mol. The van der Waals surface area contributed by atoms with Crippen LogP contribution in [0.5, 0.6) is 0 Å². The zero-order valence-corrected chi connectivity index (χ0v) is 16.3. The fourth-order valence-electron chi connectivity index (χ4n) is 2.63. The highest BCUT2D eigenvalue weighted by molar-refractivity contribution is 5.79. The molecule has 0 aromatic heterocycles. The molecular formula is C22H30FN3O. The highest BCUT2D eigenvalue weighted by Gasteiger charge is 2.01. The SMILES string of the molecule is CN=C(NCCCCOCCc1ccccc1)NCc1ccc(C)c(F)c1. The molecule has 5 heteroatoms. The van der Waals surface area contributed by atoms with Crippen LogP contribution in [-0.4, -0.2) is 32.8 Å². The van der Waals surface area contributed by atoms with Gasteiger partial charge < -0.3 is 15.4 Å². The van der Waals surface area contributed by atoms with Crippen LogP contribution in [0.4, 0.5) is 4.39 Å². The average molecular weight is 372 g/mol. The van der Waals surface area contributed by atoms with Gasteiger partial charge in [-0.05, 0) is 48.9 Å². The zero-order chi connectivity index (χ0) is 19.3. The van der Waals surface area contributed by atoms with E-state index in [0.29, 0.717) is 12.1 Å². The van der Waals surface area contributed by atoms with E-state index in [-0.39, 0.29) is 5.82 Å². The molecule has 0 amide bonds. The van der Waals surface area contributed by atoms with Gasteiger partial charge in [-0.25, -0.2) is 4.39 Å². The van der Waals surface area contributed by atoms with Gasteiger partial charge in [0.25, 0.3) is 0 Å². The summed E-state index contributed by atoms with van der Waals surface area (Å²) < 4.78 is 19.3. The maximum Gasteiger partial charge on any atom is 0.191 e. The first-order valence-electron chi connectivity index (χ1n) is 9.50. The monoisotopic (exact) mass is 371 g/mol. The van der Waals surface area contributed by atoms with Crippen LogP contribution in [0, 0.1) is 12.7 Å². The Kier molecular flexibility index (Phi) is 9.35. The molecule has 2 rings (SSSR count). The zero-order valence-electron chi connectivity index (χ0n) is 16.3. The fourth-order valence-corrected chi connectivity index (χ4v) is 2.63. The predicted molar refractivity (Wildman–Crippen MR) is 110 cm³/mol. The highest BCUT2D eigenvalue weighted by Crippen LogP contribution is 2.08. The van der Waals surface area contributed by atoms with E-state index in [1.807, 2.05) is 12.1 Å². The molecule has 0 bridgehead atoms. The second-order valence-electron chi connectivity index (χ2n) is 6.49. The first kappa shape index (κ1) is 20.9. The number of halogens is 1. The van der Waals surface area contributed by atoms with Gasteiger partial charge in [-0.3, -0.25) is 4.99 Å². The molecule has 0 atom stereocenters. The number of rotatable bonds is 10. The number of aliphatic imine (C=N–C) groups is 1. The van der Waals surface area contributed by atoms with E-state index in [9.17, 15) is 4.39 Å². The molecule has 0 aliphatic rings. The number of nitrogens with zero attached hydrogens (tertiary/aromatic N) is 1. The molecule has 0 aliphatic carbocycles. The van der Waals surface area contributed by atoms with Crippen molar-refractivity contribution >= 4 is 5.96 Å². The lowest BCUT2D eigenvalue weighted by Gasteiger charge is -2.12. The first-order valence-corrected chi connectivity index (χ1v) is 9.50. The highest BCUT2D eigenvalue weighted by atomic mass is 19.1. The standard InChI is InChI=1S/C22H30FN3O/c1-18-10-11-20(16-21(18)23)17-26-22(24-2)25-13-6-7-14-27-15-12-19-8-4-3-5-9-19/h3-5,8-11,16H,6-7,12-15,17H2,1-2H3,(H2,24,25,26). The van der Waals surface area contributed by atoms with Crippen molar-refractivity contribution in [1.29, 1.82) is 0 Å². The van der Waals surface area contributed by atoms with Crippen molar-refractivity contribution in [3.63, 3.8) is 0 Å². The van der Waals surface area contributed by atoms with Crippen LogP contribution in [0.15, 0.2) is 53.5 Å². The van der Waals surface area contributed by atoms with Crippen LogP contribution < -0.4 is 10.6 Å². The van der Waals surface area contributed by atoms with Crippen LogP contribution >= 0.6 is 0 Å². The molecule has 0 saturated carbocycles. The number of nitrogens with one attached hydrogen (secondary N) is 2. The third-order valence-electron chi connectivity index (χ3n) is 4.31. The molecule has 2 aromatic rings. The molecule has 146 valence electrons. The molecule has 4 nitrogen and oxygen atoms in total. The predicted octanol–water partition coefficient (Wildman–Crippen LogP) is 3.84. The lowest BCUT2D eigenvalue weighted by molar-refractivity contribution is 0.133. The van der Waals surface area contributed by atoms with Gasteiger partial charge >= 0.3 is 0 Å². The number of guanidine groups is 1. The molecule has 2 aromatic carbocycles. The van der Waals surface area contributed by atoms with E-state index >= 15 is 0 Å². The van der Waals surface area contributed by atoms with E-state index in [1.54, 1.807) is 26.1 Å². The Morgan fingerprint density at radius 2 is 1.81 bits per heavy atom. The Labute approximate surface area is 161 Å². The minimum absolute atomic E-state index is 0.176. The van der Waals surface area contributed by atoms with Crippen LogP contribution in [0.3, 0.4) is 0 Å². The van der Waals surface area contributed by atoms with Crippen LogP contribution in [-0.2, 0) is 17.7 Å². The number of hydrogen-bond donors (Lipinski definition) is 2. The van der Waals surface area contributed by atoms with Crippen LogP contribution in [0.2, 0.25) is 0 Å². The largest absolute Gasteiger partial charge is 0.381 e. The summed E-state index contributed by atoms with van der Waals surface area (Å²) >= 11 is 0. The van der Waals surface area contributed by atoms with Crippen molar-refractivity contribution < 1.29 is 9.13 Å². The quantitative estimate of drug-likeness (QED) is 0.379. The summed E-state index contributed by atoms with van der Waals surface area (Å²) in [6, 6.07) is 15.6. The van der Waals surface area contributed by atoms with E-state index in [1.165, 1.54) is 5.56 Å². The maximum absolute atomic E-state index is 13.6. The number of hydrogen-bond acceptors (Lipinski definition) is 2. The minimum Gasteiger partial charge on any atom is -0.381 e. The Morgan fingerprint density at radius 3 is 2.56 bits per heavy atom. The number of benzene rings is 2. The molecule has 0 saturated heterocycles. The number of aryl methyl sites for hydroxylation is 1. The second kappa shape index (κ2) is 12.1. The van der Waals surface area contributed by atoms with Crippen molar-refractivity contribution in [3.8, 4) is 0 Å². The van der Waals surface area contributed by atoms with Gasteiger partial charge in [-0.2, -0.15) is 0 Å². The molecule has 27 heavy (non-hydrogen) atoms. The number of ether oxygens (including phenoxy) is 1. The summed E-state index contributed by atoms with van der Waals surface area (Å²) in [6.45, 7) is 4.65. The van der Waals surface area contributed by atoms with E-state index < -0.39 is 0 Å². The summed E-state index contributed by atoms with van der Waals surface area (Å²) in [7, 11) is 1.73. The molecule has 2 N–H and O–H groups in total. The lowest BCUT2D eigenvalue weighted by atomic mass is 10.1. The van der Waals surface area contributed by atoms with Crippen molar-refractivity contribution in [2.24, 2.45) is 4.99 Å². The summed E-state index contributed by atoms with van der Waals surface area (Å²) in [5.74, 6) is 0.547. The summed E-state index contributed by atoms with van der Waals surface area (Å²) in [5.41, 5.74) is 2.86. The van der Waals surface area contributed by atoms with Crippen molar-refractivity contribution in [3.05, 3.63) is 71.0 Å². The van der Waals surface area contributed by atoms with Gasteiger partial charge in [0, 0.05) is 26.7 Å². The van der Waals surface area contributed by atoms with Gasteiger partial charge in [0.05, 0.1) is 6.61 Å². The van der Waals surface area contributed by atoms with Crippen molar-refractivity contribution in [2.75, 3.05) is 26.8 Å². The maximum atomic E-state index is 13.6. The lowest BCUT2D eigenvalue weighted by Crippen LogP contribution is -2.37. The molecule has 0 radical (unpaired) electrons. The average Bonchev–Trinajstić information content (AvgIpc) is 2.69. The smallest absolute Gasteiger partial charge is 0.191 e. The van der Waals surface area contributed by atoms with E-state index in [4.69, 9.17) is 4.74 Å². The summed E-state index contributed by atoms with van der Waals surface area (Å²) in [5, 5.41) is 6.47. The topological polar surface area (TPSA) is 45.7 Å². The minimum atomic E-state index is -0.176. The third-order valence-corrected chi connectivity index (χ3v) is 4.31. The summed E-state index contributed by atoms with van der Waals surface area (Å²) in [6.07, 6.45) is 2.96. The molecule has 0 fully saturated rings. The van der Waals surface area contributed by atoms with Crippen LogP contribution in [0.25, 0.3) is 0 Å². The fraction of sp³-hybridized carbons (Fsp3) is 0.409. The summed E-state index contributed by atoms with van der Waals surface area (Å²) in [4.78, 5) is 4.19. The van der Waals surface area contributed by atoms with Gasteiger partial charge in [0.1, 0.15) is 5.82 Å². The van der Waals surface area contributed by atoms with E-state index in [2.05, 4.69) is 39.9 Å². The van der Waals surface area contributed by atoms with Gasteiger partial charge in [0.15, 0.2) is 5.96 Å². The number of unbranched alkanes of at least 4 members (excludes halogenated alkanes) is 1. The van der Waals surface area contributed by atoms with Gasteiger partial charge in [-0.15, -0.1) is 0 Å². The first-order chi connectivity index (χ1) is 13.2. The van der Waals surface area contributed by atoms with E-state index in [0.717, 1.165) is 50.5 Å². The Hall–Kier alpha value is -2.40. The molecule has 0 spiro atoms. The molecule has 0 unspecified atom stereocenters. The Bertz CT molecular complexity index is 704. The van der Waals surface area contributed by atoms with Crippen LogP contribution in [0.1, 0.15) is 29.5 Å². The Morgan fingerprint density at radius 1 is 1.00 bits per heavy atom. The molecule has 0 aliphatic heterocycles. The van der Waals surface area contributed by atoms with Gasteiger partial charge in [0.2, 0.25) is 0 Å². The third kappa shape index (κ3) is 8.22. The second-order valence-corrected chi connectivity index (χ2v) is 6.49. The van der Waals surface area contributed by atoms with Crippen molar-refractivity contribution in [1.82, 2.24) is 10.6 Å². The normalized spacial score (nSPS) is 11.4. The van der Waals surface area contributed by atoms with Gasteiger partial charge in [-0.1, -0.05) is 42.5 Å². The Balaban J connectivity index is 1.52. The molecule has 0 heterocycles.